The molecule has 7 heteroatoms. The third-order valence-corrected chi connectivity index (χ3v) is 3.99. The maximum Gasteiger partial charge on any atom is 0.342 e. The summed E-state index contributed by atoms with van der Waals surface area (Å²) in [5, 5.41) is 12.7. The van der Waals surface area contributed by atoms with Crippen LogP contribution < -0.4 is 21.9 Å². The van der Waals surface area contributed by atoms with Crippen LogP contribution in [0.5, 0.6) is 0 Å². The maximum atomic E-state index is 11.5. The molecule has 1 aromatic rings. The Morgan fingerprint density at radius 3 is 2.83 bits per heavy atom. The lowest BCUT2D eigenvalue weighted by atomic mass is 9.70. The molecule has 0 radical (unpaired) electrons. The molecule has 4 N–H and O–H groups in total. The van der Waals surface area contributed by atoms with Crippen molar-refractivity contribution in [1.29, 1.82) is 0 Å². The Labute approximate surface area is 103 Å². The standard InChI is InChI=1S/C11H17N5O2/c17-9-8(15-16-10(18)14-9)13-7-2-5-12-11(6-7)3-1-4-11/h7,12H,1-6H2,(H,13,15)(H2,14,16,17,18). The van der Waals surface area contributed by atoms with Crippen LogP contribution in [0.2, 0.25) is 0 Å². The van der Waals surface area contributed by atoms with Gasteiger partial charge in [0.25, 0.3) is 5.56 Å². The van der Waals surface area contributed by atoms with Crippen molar-refractivity contribution in [3.8, 4) is 0 Å². The molecule has 1 unspecified atom stereocenters. The van der Waals surface area contributed by atoms with E-state index in [-0.39, 0.29) is 17.4 Å². The molecule has 18 heavy (non-hydrogen) atoms. The number of aromatic amines is 2. The molecule has 2 heterocycles. The molecule has 1 spiro atoms. The molecule has 1 aliphatic carbocycles. The molecular weight excluding hydrogens is 234 g/mol. The molecule has 1 saturated carbocycles. The highest BCUT2D eigenvalue weighted by Crippen LogP contribution is 2.38. The first kappa shape index (κ1) is 11.5. The third kappa shape index (κ3) is 2.05. The van der Waals surface area contributed by atoms with E-state index in [0.29, 0.717) is 0 Å². The van der Waals surface area contributed by atoms with Crippen molar-refractivity contribution in [2.45, 2.75) is 43.7 Å². The van der Waals surface area contributed by atoms with Crippen LogP contribution in [0.15, 0.2) is 9.59 Å². The van der Waals surface area contributed by atoms with Gasteiger partial charge in [0.1, 0.15) is 0 Å². The number of aromatic nitrogens is 3. The summed E-state index contributed by atoms with van der Waals surface area (Å²) in [7, 11) is 0. The SMILES string of the molecule is O=c1[nH]nc(NC2CCNC3(CCC3)C2)c(=O)[nH]1. The van der Waals surface area contributed by atoms with Gasteiger partial charge in [0, 0.05) is 11.6 Å². The normalized spacial score (nSPS) is 25.7. The first-order chi connectivity index (χ1) is 8.67. The minimum atomic E-state index is -0.577. The van der Waals surface area contributed by atoms with Crippen molar-refractivity contribution in [2.24, 2.45) is 0 Å². The maximum absolute atomic E-state index is 11.5. The fourth-order valence-electron chi connectivity index (χ4n) is 2.90. The average Bonchev–Trinajstić information content (AvgIpc) is 2.31. The molecule has 0 bridgehead atoms. The molecule has 0 amide bonds. The minimum Gasteiger partial charge on any atom is -0.361 e. The highest BCUT2D eigenvalue weighted by Gasteiger charge is 2.41. The molecule has 3 rings (SSSR count). The number of rotatable bonds is 2. The summed E-state index contributed by atoms with van der Waals surface area (Å²) in [5.41, 5.74) is -0.767. The van der Waals surface area contributed by atoms with Crippen LogP contribution in [0.1, 0.15) is 32.1 Å². The Bertz CT molecular complexity index is 545. The topological polar surface area (TPSA) is 103 Å². The van der Waals surface area contributed by atoms with Crippen molar-refractivity contribution in [2.75, 3.05) is 11.9 Å². The van der Waals surface area contributed by atoms with E-state index in [4.69, 9.17) is 0 Å². The van der Waals surface area contributed by atoms with Crippen LogP contribution in [-0.4, -0.2) is 33.3 Å². The van der Waals surface area contributed by atoms with E-state index < -0.39 is 11.2 Å². The van der Waals surface area contributed by atoms with Crippen molar-refractivity contribution in [3.05, 3.63) is 20.8 Å². The van der Waals surface area contributed by atoms with E-state index >= 15 is 0 Å². The van der Waals surface area contributed by atoms with Gasteiger partial charge in [-0.15, -0.1) is 5.10 Å². The number of nitrogens with one attached hydrogen (secondary N) is 4. The van der Waals surface area contributed by atoms with Gasteiger partial charge in [-0.05, 0) is 38.6 Å². The smallest absolute Gasteiger partial charge is 0.342 e. The summed E-state index contributed by atoms with van der Waals surface area (Å²) < 4.78 is 0. The number of H-pyrrole nitrogens is 2. The Balaban J connectivity index is 1.72. The zero-order valence-corrected chi connectivity index (χ0v) is 10.1. The fraction of sp³-hybridized carbons (Fsp3) is 0.727. The van der Waals surface area contributed by atoms with Crippen LogP contribution >= 0.6 is 0 Å². The highest BCUT2D eigenvalue weighted by molar-refractivity contribution is 5.31. The van der Waals surface area contributed by atoms with Crippen LogP contribution in [0.4, 0.5) is 5.82 Å². The van der Waals surface area contributed by atoms with Crippen molar-refractivity contribution < 1.29 is 0 Å². The van der Waals surface area contributed by atoms with E-state index in [1.54, 1.807) is 0 Å². The summed E-state index contributed by atoms with van der Waals surface area (Å²) in [6.45, 7) is 0.957. The van der Waals surface area contributed by atoms with Crippen LogP contribution in [0.25, 0.3) is 0 Å². The van der Waals surface area contributed by atoms with Gasteiger partial charge in [-0.1, -0.05) is 0 Å². The molecule has 0 aromatic carbocycles. The summed E-state index contributed by atoms with van der Waals surface area (Å²) >= 11 is 0. The predicted molar refractivity (Wildman–Crippen MR) is 66.7 cm³/mol. The second-order valence-corrected chi connectivity index (χ2v) is 5.25. The number of nitrogens with zero attached hydrogens (tertiary/aromatic N) is 1. The van der Waals surface area contributed by atoms with Gasteiger partial charge in [0.05, 0.1) is 0 Å². The van der Waals surface area contributed by atoms with Gasteiger partial charge in [0.15, 0.2) is 0 Å². The average molecular weight is 251 g/mol. The monoisotopic (exact) mass is 251 g/mol. The fourth-order valence-corrected chi connectivity index (χ4v) is 2.90. The van der Waals surface area contributed by atoms with Gasteiger partial charge in [-0.2, -0.15) is 0 Å². The van der Waals surface area contributed by atoms with Crippen molar-refractivity contribution in [1.82, 2.24) is 20.5 Å². The molecule has 2 aliphatic rings. The number of anilines is 1. The van der Waals surface area contributed by atoms with Crippen LogP contribution in [0, 0.1) is 0 Å². The first-order valence-corrected chi connectivity index (χ1v) is 6.37. The second-order valence-electron chi connectivity index (χ2n) is 5.25. The predicted octanol–water partition coefficient (Wildman–Crippen LogP) is -0.455. The van der Waals surface area contributed by atoms with E-state index in [1.165, 1.54) is 19.3 Å². The molecule has 1 aliphatic heterocycles. The van der Waals surface area contributed by atoms with E-state index in [0.717, 1.165) is 19.4 Å². The van der Waals surface area contributed by atoms with Gasteiger partial charge in [-0.3, -0.25) is 9.78 Å². The third-order valence-electron chi connectivity index (χ3n) is 3.99. The molecule has 1 atom stereocenters. The van der Waals surface area contributed by atoms with Gasteiger partial charge in [-0.25, -0.2) is 9.89 Å². The Morgan fingerprint density at radius 1 is 1.33 bits per heavy atom. The minimum absolute atomic E-state index is 0.205. The Morgan fingerprint density at radius 2 is 2.17 bits per heavy atom. The van der Waals surface area contributed by atoms with Crippen LogP contribution in [0.3, 0.4) is 0 Å². The summed E-state index contributed by atoms with van der Waals surface area (Å²) in [6, 6.07) is 0.242. The van der Waals surface area contributed by atoms with Crippen molar-refractivity contribution >= 4 is 5.82 Å². The molecule has 2 fully saturated rings. The van der Waals surface area contributed by atoms with Crippen molar-refractivity contribution in [3.63, 3.8) is 0 Å². The first-order valence-electron chi connectivity index (χ1n) is 6.37. The van der Waals surface area contributed by atoms with E-state index in [2.05, 4.69) is 25.8 Å². The summed E-state index contributed by atoms with van der Waals surface area (Å²) in [6.07, 6.45) is 5.66. The molecular formula is C11H17N5O2. The zero-order chi connectivity index (χ0) is 12.6. The Kier molecular flexibility index (Phi) is 2.70. The lowest BCUT2D eigenvalue weighted by Crippen LogP contribution is -2.58. The second kappa shape index (κ2) is 4.24. The summed E-state index contributed by atoms with van der Waals surface area (Å²) in [5.74, 6) is 0.205. The number of hydrogen-bond acceptors (Lipinski definition) is 5. The highest BCUT2D eigenvalue weighted by atomic mass is 16.2. The van der Waals surface area contributed by atoms with E-state index in [1.807, 2.05) is 0 Å². The Hall–Kier alpha value is -1.63. The molecule has 98 valence electrons. The number of hydrogen-bond donors (Lipinski definition) is 4. The largest absolute Gasteiger partial charge is 0.361 e. The van der Waals surface area contributed by atoms with Gasteiger partial charge in [0.2, 0.25) is 5.82 Å². The quantitative estimate of drug-likeness (QED) is 0.570. The molecule has 7 nitrogen and oxygen atoms in total. The van der Waals surface area contributed by atoms with Gasteiger partial charge < -0.3 is 10.6 Å². The molecule has 1 saturated heterocycles. The number of piperidine rings is 1. The lowest BCUT2D eigenvalue weighted by Gasteiger charge is -2.48. The summed E-state index contributed by atoms with van der Waals surface area (Å²) in [4.78, 5) is 24.6. The zero-order valence-electron chi connectivity index (χ0n) is 10.1. The van der Waals surface area contributed by atoms with Gasteiger partial charge >= 0.3 is 5.69 Å². The lowest BCUT2D eigenvalue weighted by molar-refractivity contribution is 0.135. The van der Waals surface area contributed by atoms with E-state index in [9.17, 15) is 9.59 Å². The van der Waals surface area contributed by atoms with Crippen LogP contribution in [-0.2, 0) is 0 Å². The molecule has 1 aromatic heterocycles.